The molecule has 0 bridgehead atoms. The van der Waals surface area contributed by atoms with Crippen LogP contribution in [0, 0.1) is 6.92 Å². The van der Waals surface area contributed by atoms with Gasteiger partial charge in [-0.25, -0.2) is 18.5 Å². The minimum atomic E-state index is -3.74. The van der Waals surface area contributed by atoms with Crippen LogP contribution in [0.4, 0.5) is 5.82 Å². The third-order valence-electron chi connectivity index (χ3n) is 3.70. The topological polar surface area (TPSA) is 115 Å². The molecule has 3 aromatic rings. The Morgan fingerprint density at radius 1 is 1.33 bits per heavy atom. The molecule has 24 heavy (non-hydrogen) atoms. The lowest BCUT2D eigenvalue weighted by Crippen LogP contribution is -2.16. The number of nitrogens with one attached hydrogen (secondary N) is 1. The van der Waals surface area contributed by atoms with Gasteiger partial charge in [0.25, 0.3) is 5.78 Å². The number of nitrogens with zero attached hydrogens (tertiary/aromatic N) is 4. The summed E-state index contributed by atoms with van der Waals surface area (Å²) in [6.07, 6.45) is 2.18. The van der Waals surface area contributed by atoms with Crippen molar-refractivity contribution in [1.29, 1.82) is 0 Å². The van der Waals surface area contributed by atoms with E-state index in [4.69, 9.17) is 5.14 Å². The molecule has 3 rings (SSSR count). The van der Waals surface area contributed by atoms with Crippen LogP contribution < -0.4 is 10.5 Å². The summed E-state index contributed by atoms with van der Waals surface area (Å²) in [5, 5.41) is 12.8. The number of sulfonamides is 1. The number of hydrogen-bond donors (Lipinski definition) is 2. The molecule has 0 radical (unpaired) electrons. The number of aromatic nitrogens is 4. The van der Waals surface area contributed by atoms with E-state index in [9.17, 15) is 8.42 Å². The maximum absolute atomic E-state index is 11.6. The molecular formula is C15H18N6O2S. The minimum Gasteiger partial charge on any atom is -0.363 e. The van der Waals surface area contributed by atoms with E-state index in [1.807, 2.05) is 26.0 Å². The highest BCUT2D eigenvalue weighted by Crippen LogP contribution is 2.24. The number of benzene rings is 1. The molecule has 2 heterocycles. The summed E-state index contributed by atoms with van der Waals surface area (Å²) in [7, 11) is -3.74. The Morgan fingerprint density at radius 3 is 2.83 bits per heavy atom. The molecule has 9 heteroatoms. The SMILES string of the molecule is CCC(Nc1cc(C)nc2ncnn12)c1cccc(S(N)(=O)=O)c1. The van der Waals surface area contributed by atoms with Gasteiger partial charge in [0.2, 0.25) is 10.0 Å². The Hall–Kier alpha value is -2.52. The predicted octanol–water partition coefficient (Wildman–Crippen LogP) is 1.64. The molecule has 0 aliphatic rings. The Bertz CT molecular complexity index is 983. The molecule has 0 saturated heterocycles. The molecule has 0 aliphatic carbocycles. The highest BCUT2D eigenvalue weighted by molar-refractivity contribution is 7.89. The molecule has 0 aliphatic heterocycles. The number of primary sulfonamides is 1. The van der Waals surface area contributed by atoms with Crippen molar-refractivity contribution in [3.8, 4) is 0 Å². The fourth-order valence-electron chi connectivity index (χ4n) is 2.54. The van der Waals surface area contributed by atoms with Gasteiger partial charge < -0.3 is 5.32 Å². The van der Waals surface area contributed by atoms with Crippen LogP contribution in [0.2, 0.25) is 0 Å². The number of nitrogens with two attached hydrogens (primary N) is 1. The van der Waals surface area contributed by atoms with Crippen molar-refractivity contribution in [1.82, 2.24) is 19.6 Å². The molecule has 2 aromatic heterocycles. The second-order valence-electron chi connectivity index (χ2n) is 5.48. The summed E-state index contributed by atoms with van der Waals surface area (Å²) >= 11 is 0. The molecule has 3 N–H and O–H groups in total. The number of fused-ring (bicyclic) bond motifs is 1. The van der Waals surface area contributed by atoms with E-state index in [1.54, 1.807) is 16.6 Å². The van der Waals surface area contributed by atoms with E-state index >= 15 is 0 Å². The van der Waals surface area contributed by atoms with Crippen molar-refractivity contribution < 1.29 is 8.42 Å². The third-order valence-corrected chi connectivity index (χ3v) is 4.61. The molecule has 8 nitrogen and oxygen atoms in total. The van der Waals surface area contributed by atoms with E-state index in [-0.39, 0.29) is 10.9 Å². The molecule has 0 spiro atoms. The molecule has 1 atom stereocenters. The first-order valence-electron chi connectivity index (χ1n) is 7.45. The molecule has 126 valence electrons. The first-order chi connectivity index (χ1) is 11.4. The number of hydrogen-bond acceptors (Lipinski definition) is 6. The van der Waals surface area contributed by atoms with Crippen LogP contribution >= 0.6 is 0 Å². The number of rotatable bonds is 5. The summed E-state index contributed by atoms with van der Waals surface area (Å²) in [4.78, 5) is 8.49. The highest BCUT2D eigenvalue weighted by Gasteiger charge is 2.15. The zero-order valence-electron chi connectivity index (χ0n) is 13.3. The zero-order chi connectivity index (χ0) is 17.3. The summed E-state index contributed by atoms with van der Waals surface area (Å²) in [5.74, 6) is 1.24. The van der Waals surface area contributed by atoms with Crippen LogP contribution in [0.3, 0.4) is 0 Å². The Kier molecular flexibility index (Phi) is 4.20. The lowest BCUT2D eigenvalue weighted by molar-refractivity contribution is 0.597. The number of anilines is 1. The smallest absolute Gasteiger partial charge is 0.254 e. The highest BCUT2D eigenvalue weighted by atomic mass is 32.2. The van der Waals surface area contributed by atoms with Gasteiger partial charge in [0.1, 0.15) is 12.1 Å². The molecule has 0 amide bonds. The maximum atomic E-state index is 11.6. The van der Waals surface area contributed by atoms with E-state index in [1.165, 1.54) is 12.4 Å². The van der Waals surface area contributed by atoms with Gasteiger partial charge in [-0.1, -0.05) is 19.1 Å². The molecule has 1 aromatic carbocycles. The second-order valence-corrected chi connectivity index (χ2v) is 7.04. The van der Waals surface area contributed by atoms with E-state index in [0.717, 1.165) is 23.5 Å². The number of aryl methyl sites for hydroxylation is 1. The van der Waals surface area contributed by atoms with E-state index in [0.29, 0.717) is 5.78 Å². The summed E-state index contributed by atoms with van der Waals surface area (Å²) in [6.45, 7) is 3.89. The third kappa shape index (κ3) is 3.22. The summed E-state index contributed by atoms with van der Waals surface area (Å²) < 4.78 is 24.7. The average molecular weight is 346 g/mol. The molecular weight excluding hydrogens is 328 g/mol. The normalized spacial score (nSPS) is 13.1. The Balaban J connectivity index is 1.99. The fraction of sp³-hybridized carbons (Fsp3) is 0.267. The summed E-state index contributed by atoms with van der Waals surface area (Å²) in [6, 6.07) is 8.38. The van der Waals surface area contributed by atoms with Crippen LogP contribution in [0.15, 0.2) is 41.6 Å². The summed E-state index contributed by atoms with van der Waals surface area (Å²) in [5.41, 5.74) is 1.64. The van der Waals surface area contributed by atoms with Crippen LogP contribution in [0.5, 0.6) is 0 Å². The quantitative estimate of drug-likeness (QED) is 0.726. The first kappa shape index (κ1) is 16.3. The van der Waals surface area contributed by atoms with Crippen molar-refractivity contribution in [2.45, 2.75) is 31.2 Å². The molecule has 0 saturated carbocycles. The van der Waals surface area contributed by atoms with Crippen LogP contribution in [-0.2, 0) is 10.0 Å². The van der Waals surface area contributed by atoms with Gasteiger partial charge in [-0.2, -0.15) is 14.6 Å². The van der Waals surface area contributed by atoms with Crippen molar-refractivity contribution in [3.05, 3.63) is 47.9 Å². The fourth-order valence-corrected chi connectivity index (χ4v) is 3.11. The van der Waals surface area contributed by atoms with Gasteiger partial charge >= 0.3 is 0 Å². The van der Waals surface area contributed by atoms with Crippen molar-refractivity contribution >= 4 is 21.6 Å². The first-order valence-corrected chi connectivity index (χ1v) is 9.00. The minimum absolute atomic E-state index is 0.0945. The largest absolute Gasteiger partial charge is 0.363 e. The van der Waals surface area contributed by atoms with Gasteiger partial charge in [-0.15, -0.1) is 0 Å². The van der Waals surface area contributed by atoms with Crippen LogP contribution in [-0.4, -0.2) is 28.0 Å². The van der Waals surface area contributed by atoms with Crippen molar-refractivity contribution in [2.24, 2.45) is 5.14 Å². The van der Waals surface area contributed by atoms with Gasteiger partial charge in [0.05, 0.1) is 10.9 Å². The Labute approximate surface area is 139 Å². The Morgan fingerprint density at radius 2 is 2.12 bits per heavy atom. The van der Waals surface area contributed by atoms with E-state index in [2.05, 4.69) is 20.4 Å². The molecule has 0 fully saturated rings. The zero-order valence-corrected chi connectivity index (χ0v) is 14.2. The van der Waals surface area contributed by atoms with Gasteiger partial charge in [-0.3, -0.25) is 0 Å². The lowest BCUT2D eigenvalue weighted by Gasteiger charge is -2.20. The average Bonchev–Trinajstić information content (AvgIpc) is 3.00. The van der Waals surface area contributed by atoms with Gasteiger partial charge in [0, 0.05) is 11.8 Å². The monoisotopic (exact) mass is 346 g/mol. The predicted molar refractivity (Wildman–Crippen MR) is 90.0 cm³/mol. The van der Waals surface area contributed by atoms with Gasteiger partial charge in [0.15, 0.2) is 0 Å². The van der Waals surface area contributed by atoms with Crippen molar-refractivity contribution in [3.63, 3.8) is 0 Å². The maximum Gasteiger partial charge on any atom is 0.254 e. The van der Waals surface area contributed by atoms with Crippen LogP contribution in [0.1, 0.15) is 30.6 Å². The van der Waals surface area contributed by atoms with Crippen molar-refractivity contribution in [2.75, 3.05) is 5.32 Å². The van der Waals surface area contributed by atoms with E-state index < -0.39 is 10.0 Å². The lowest BCUT2D eigenvalue weighted by atomic mass is 10.0. The van der Waals surface area contributed by atoms with Gasteiger partial charge in [-0.05, 0) is 31.0 Å². The van der Waals surface area contributed by atoms with Crippen LogP contribution in [0.25, 0.3) is 5.78 Å². The standard InChI is InChI=1S/C15H18N6O2S/c1-3-13(11-5-4-6-12(8-11)24(16,22)23)20-14-7-10(2)19-15-17-9-18-21(14)15/h4-9,13,20H,3H2,1-2H3,(H2,16,22,23). The molecule has 1 unspecified atom stereocenters. The second kappa shape index (κ2) is 6.17.